The van der Waals surface area contributed by atoms with Gasteiger partial charge in [0.15, 0.2) is 7.28 Å². The molecule has 24 heavy (non-hydrogen) atoms. The normalized spacial score (nSPS) is 13.0. The fourth-order valence-corrected chi connectivity index (χ4v) is 3.22. The quantitative estimate of drug-likeness (QED) is 0.733. The predicted molar refractivity (Wildman–Crippen MR) is 101 cm³/mol. The maximum atomic E-state index is 4.60. The van der Waals surface area contributed by atoms with E-state index in [0.29, 0.717) is 0 Å². The Morgan fingerprint density at radius 2 is 1.75 bits per heavy atom. The molecule has 3 aromatic rings. The molecule has 0 spiro atoms. The summed E-state index contributed by atoms with van der Waals surface area (Å²) in [5, 5.41) is 12.7. The van der Waals surface area contributed by atoms with Crippen molar-refractivity contribution in [2.24, 2.45) is 0 Å². The first-order valence-electron chi connectivity index (χ1n) is 8.49. The molecule has 2 heterocycles. The first-order valence-corrected chi connectivity index (χ1v) is 8.49. The van der Waals surface area contributed by atoms with Crippen molar-refractivity contribution < 1.29 is 0 Å². The van der Waals surface area contributed by atoms with E-state index < -0.39 is 0 Å². The third kappa shape index (κ3) is 2.23. The monoisotopic (exact) mass is 316 g/mol. The summed E-state index contributed by atoms with van der Waals surface area (Å²) in [5.74, 6) is 0. The van der Waals surface area contributed by atoms with Crippen LogP contribution in [0.25, 0.3) is 22.5 Å². The van der Waals surface area contributed by atoms with E-state index in [-0.39, 0.29) is 5.44 Å². The Kier molecular flexibility index (Phi) is 3.45. The number of rotatable bonds is 2. The molecule has 1 N–H and O–H groups in total. The van der Waals surface area contributed by atoms with E-state index in [1.54, 1.807) is 0 Å². The summed E-state index contributed by atoms with van der Waals surface area (Å²) in [4.78, 5) is 0. The second-order valence-electron chi connectivity index (χ2n) is 6.92. The average molecular weight is 316 g/mol. The Bertz CT molecular complexity index is 898. The van der Waals surface area contributed by atoms with Gasteiger partial charge in [-0.25, -0.2) is 4.68 Å². The molecule has 0 bridgehead atoms. The van der Waals surface area contributed by atoms with Gasteiger partial charge >= 0.3 is 0 Å². The van der Waals surface area contributed by atoms with Crippen LogP contribution in [0.5, 0.6) is 0 Å². The van der Waals surface area contributed by atoms with Crippen LogP contribution < -0.4 is 5.32 Å². The van der Waals surface area contributed by atoms with E-state index in [2.05, 4.69) is 89.5 Å². The fourth-order valence-electron chi connectivity index (χ4n) is 3.22. The molecule has 0 amide bonds. The van der Waals surface area contributed by atoms with Crippen LogP contribution in [-0.4, -0.2) is 22.3 Å². The molecule has 120 valence electrons. The highest BCUT2D eigenvalue weighted by atomic mass is 15.5. The molecule has 5 heteroatoms. The van der Waals surface area contributed by atoms with Crippen molar-refractivity contribution in [2.75, 3.05) is 5.32 Å². The Hall–Kier alpha value is -2.56. The second kappa shape index (κ2) is 5.51. The van der Waals surface area contributed by atoms with Crippen LogP contribution >= 0.6 is 0 Å². The highest BCUT2D eigenvalue weighted by Crippen LogP contribution is 2.40. The molecular formula is C19H21BN4. The first kappa shape index (κ1) is 15.0. The van der Waals surface area contributed by atoms with Crippen LogP contribution in [0.1, 0.15) is 19.4 Å². The highest BCUT2D eigenvalue weighted by molar-refractivity contribution is 6.36. The van der Waals surface area contributed by atoms with Crippen LogP contribution in [0, 0.1) is 0 Å². The molecule has 0 radical (unpaired) electrons. The van der Waals surface area contributed by atoms with Gasteiger partial charge in [-0.15, -0.1) is 5.10 Å². The molecule has 1 aliphatic heterocycles. The first-order chi connectivity index (χ1) is 11.6. The number of anilines is 1. The lowest BCUT2D eigenvalue weighted by Gasteiger charge is -2.27. The van der Waals surface area contributed by atoms with E-state index in [4.69, 9.17) is 0 Å². The Balaban J connectivity index is 2.07. The van der Waals surface area contributed by atoms with Gasteiger partial charge < -0.3 is 5.32 Å². The zero-order valence-corrected chi connectivity index (χ0v) is 14.4. The van der Waals surface area contributed by atoms with Gasteiger partial charge in [0.1, 0.15) is 5.69 Å². The molecule has 0 aliphatic carbocycles. The fraction of sp³-hybridized carbons (Fsp3) is 0.263. The van der Waals surface area contributed by atoms with Crippen molar-refractivity contribution in [3.8, 4) is 22.5 Å². The molecule has 0 atom stereocenters. The summed E-state index contributed by atoms with van der Waals surface area (Å²) in [6.07, 6.45) is 0. The molecule has 4 nitrogen and oxygen atoms in total. The molecule has 1 aliphatic rings. The number of para-hydroxylation sites is 1. The Labute approximate surface area is 143 Å². The number of nitrogens with zero attached hydrogens (tertiary/aromatic N) is 3. The van der Waals surface area contributed by atoms with Crippen LogP contribution in [0.4, 0.5) is 5.69 Å². The molecule has 0 fully saturated rings. The summed E-state index contributed by atoms with van der Waals surface area (Å²) < 4.78 is 2.09. The molecule has 0 unspecified atom stereocenters. The standard InChI is InChI=1S/C19H21BN4/c1-19(2,20-3)24-18-15-10-6-7-11-16(15)21-12-13-8-4-5-9-14(13)17(18)22-23-24/h4-11,20-21H,12H2,1-3H3. The van der Waals surface area contributed by atoms with Crippen molar-refractivity contribution in [2.45, 2.75) is 32.7 Å². The highest BCUT2D eigenvalue weighted by Gasteiger charge is 2.29. The predicted octanol–water partition coefficient (Wildman–Crippen LogP) is 3.71. The maximum absolute atomic E-state index is 4.60. The summed E-state index contributed by atoms with van der Waals surface area (Å²) in [7, 11) is 0.986. The zero-order valence-electron chi connectivity index (χ0n) is 14.4. The number of hydrogen-bond acceptors (Lipinski definition) is 3. The number of benzene rings is 2. The smallest absolute Gasteiger partial charge is 0.152 e. The number of hydrogen-bond donors (Lipinski definition) is 1. The minimum absolute atomic E-state index is 0.0954. The number of aromatic nitrogens is 3. The van der Waals surface area contributed by atoms with Gasteiger partial charge in [0, 0.05) is 28.8 Å². The van der Waals surface area contributed by atoms with Crippen LogP contribution in [0.2, 0.25) is 6.82 Å². The maximum Gasteiger partial charge on any atom is 0.152 e. The third-order valence-electron chi connectivity index (χ3n) is 5.03. The summed E-state index contributed by atoms with van der Waals surface area (Å²) in [6.45, 7) is 7.40. The summed E-state index contributed by atoms with van der Waals surface area (Å²) in [6, 6.07) is 16.9. The lowest BCUT2D eigenvalue weighted by Crippen LogP contribution is -2.33. The molecule has 2 aromatic carbocycles. The van der Waals surface area contributed by atoms with E-state index >= 15 is 0 Å². The zero-order chi connectivity index (χ0) is 16.7. The summed E-state index contributed by atoms with van der Waals surface area (Å²) >= 11 is 0. The molecule has 1 aromatic heterocycles. The Morgan fingerprint density at radius 1 is 1.04 bits per heavy atom. The van der Waals surface area contributed by atoms with Gasteiger partial charge in [-0.1, -0.05) is 54.5 Å². The van der Waals surface area contributed by atoms with Crippen LogP contribution in [0.15, 0.2) is 48.5 Å². The Morgan fingerprint density at radius 3 is 2.54 bits per heavy atom. The average Bonchev–Trinajstić information content (AvgIpc) is 3.04. The lowest BCUT2D eigenvalue weighted by molar-refractivity contribution is 0.450. The van der Waals surface area contributed by atoms with Gasteiger partial charge in [0.25, 0.3) is 0 Å². The molecule has 0 saturated carbocycles. The SMILES string of the molecule is CBC(C)(C)n1nnc2c1-c1ccccc1NCc1ccccc1-2. The molecular weight excluding hydrogens is 295 g/mol. The number of nitrogens with one attached hydrogen (secondary N) is 1. The van der Waals surface area contributed by atoms with Gasteiger partial charge in [0.05, 0.1) is 5.69 Å². The minimum Gasteiger partial charge on any atom is -0.380 e. The van der Waals surface area contributed by atoms with Crippen LogP contribution in [0.3, 0.4) is 0 Å². The van der Waals surface area contributed by atoms with Crippen molar-refractivity contribution in [1.82, 2.24) is 15.0 Å². The lowest BCUT2D eigenvalue weighted by atomic mass is 9.62. The number of fused-ring (bicyclic) bond motifs is 5. The van der Waals surface area contributed by atoms with Crippen molar-refractivity contribution in [3.63, 3.8) is 0 Å². The van der Waals surface area contributed by atoms with Gasteiger partial charge in [-0.3, -0.25) is 0 Å². The molecule has 4 rings (SSSR count). The van der Waals surface area contributed by atoms with E-state index in [0.717, 1.165) is 42.0 Å². The van der Waals surface area contributed by atoms with E-state index in [9.17, 15) is 0 Å². The van der Waals surface area contributed by atoms with Crippen molar-refractivity contribution >= 4 is 13.0 Å². The third-order valence-corrected chi connectivity index (χ3v) is 5.03. The van der Waals surface area contributed by atoms with Gasteiger partial charge in [-0.05, 0) is 25.5 Å². The van der Waals surface area contributed by atoms with E-state index in [1.165, 1.54) is 5.56 Å². The second-order valence-corrected chi connectivity index (χ2v) is 6.92. The van der Waals surface area contributed by atoms with Crippen molar-refractivity contribution in [3.05, 3.63) is 54.1 Å². The summed E-state index contributed by atoms with van der Waals surface area (Å²) in [5.41, 5.74) is 6.67. The van der Waals surface area contributed by atoms with Crippen LogP contribution in [-0.2, 0) is 12.0 Å². The van der Waals surface area contributed by atoms with Gasteiger partial charge in [-0.2, -0.15) is 0 Å². The molecule has 0 saturated heterocycles. The minimum atomic E-state index is -0.0954. The van der Waals surface area contributed by atoms with E-state index in [1.807, 2.05) is 0 Å². The van der Waals surface area contributed by atoms with Gasteiger partial charge in [0.2, 0.25) is 0 Å². The topological polar surface area (TPSA) is 42.7 Å². The van der Waals surface area contributed by atoms with Crippen molar-refractivity contribution in [1.29, 1.82) is 0 Å². The largest absolute Gasteiger partial charge is 0.380 e.